The highest BCUT2D eigenvalue weighted by atomic mass is 32.2. The van der Waals surface area contributed by atoms with Crippen LogP contribution in [-0.2, 0) is 27.3 Å². The third-order valence-corrected chi connectivity index (χ3v) is 8.70. The summed E-state index contributed by atoms with van der Waals surface area (Å²) in [6, 6.07) is 6.60. The molecule has 3 saturated heterocycles. The summed E-state index contributed by atoms with van der Waals surface area (Å²) in [5.74, 6) is 0.356. The first-order chi connectivity index (χ1) is 16.4. The normalized spacial score (nSPS) is 35.1. The molecule has 2 amide bonds. The minimum atomic E-state index is -2.37. The molecule has 10 nitrogen and oxygen atoms in total. The van der Waals surface area contributed by atoms with Crippen LogP contribution < -0.4 is 10.5 Å². The lowest BCUT2D eigenvalue weighted by molar-refractivity contribution is -0.141. The van der Waals surface area contributed by atoms with Crippen molar-refractivity contribution in [2.24, 2.45) is 11.7 Å². The van der Waals surface area contributed by atoms with E-state index in [-0.39, 0.29) is 42.0 Å². The highest BCUT2D eigenvalue weighted by Crippen LogP contribution is 2.48. The monoisotopic (exact) mass is 483 g/mol. The molecule has 5 aliphatic rings. The van der Waals surface area contributed by atoms with Gasteiger partial charge in [0.25, 0.3) is 0 Å². The van der Waals surface area contributed by atoms with Gasteiger partial charge < -0.3 is 24.8 Å². The topological polar surface area (TPSA) is 146 Å². The molecular weight excluding hydrogens is 456 g/mol. The third kappa shape index (κ3) is 3.43. The van der Waals surface area contributed by atoms with Crippen LogP contribution in [0.4, 0.5) is 5.69 Å². The summed E-state index contributed by atoms with van der Waals surface area (Å²) in [7, 11) is 0. The zero-order valence-corrected chi connectivity index (χ0v) is 19.4. The van der Waals surface area contributed by atoms with E-state index in [1.807, 2.05) is 21.9 Å². The molecule has 11 heteroatoms. The molecule has 0 radical (unpaired) electrons. The number of anilines is 1. The van der Waals surface area contributed by atoms with Crippen molar-refractivity contribution in [3.05, 3.63) is 29.3 Å². The highest BCUT2D eigenvalue weighted by Gasteiger charge is 2.56. The number of likely N-dealkylation sites (tertiary alicyclic amines) is 3. The van der Waals surface area contributed by atoms with E-state index in [2.05, 4.69) is 10.8 Å². The number of piperidine rings is 1. The molecule has 8 atom stereocenters. The summed E-state index contributed by atoms with van der Waals surface area (Å²) in [4.78, 5) is 32.1. The number of benzene rings is 1. The second-order valence-corrected chi connectivity index (χ2v) is 10.9. The van der Waals surface area contributed by atoms with Gasteiger partial charge in [-0.15, -0.1) is 0 Å². The number of nitrogens with one attached hydrogen (secondary N) is 1. The Balaban J connectivity index is 1.11. The van der Waals surface area contributed by atoms with Crippen molar-refractivity contribution in [2.45, 2.75) is 68.4 Å². The van der Waals surface area contributed by atoms with Gasteiger partial charge in [0.05, 0.1) is 24.2 Å². The Kier molecular flexibility index (Phi) is 5.18. The molecular formula is C23H27N6O4S-. The predicted molar refractivity (Wildman–Crippen MR) is 121 cm³/mol. The molecule has 3 heterocycles. The first-order valence-corrected chi connectivity index (χ1v) is 13.0. The van der Waals surface area contributed by atoms with Gasteiger partial charge in [0, 0.05) is 42.1 Å². The van der Waals surface area contributed by atoms with Gasteiger partial charge in [0.15, 0.2) is 0 Å². The molecule has 6 rings (SSSR count). The standard InChI is InChI=1S/C23H28N6O4S/c24-9-15-6-13-7-20(13)28(15)22(30)18(25)11-27-10-16-8-21(27)23(31)29(16)19-4-1-12-5-14(26-34(32)33)2-3-17(12)19/h2-3,5,13,15-16,18-21,26H,1,4,6-8,10-11,25H2,(H,32,33)/p-1/t13?,15-,16+,18-,19-,20-,21+/m0/s1. The molecule has 1 aromatic carbocycles. The van der Waals surface area contributed by atoms with E-state index in [1.54, 1.807) is 11.0 Å². The van der Waals surface area contributed by atoms with E-state index in [9.17, 15) is 23.6 Å². The number of carbonyl (C=O) groups is 2. The van der Waals surface area contributed by atoms with Crippen molar-refractivity contribution in [2.75, 3.05) is 17.8 Å². The fourth-order valence-corrected chi connectivity index (χ4v) is 7.07. The number of fused-ring (bicyclic) bond motifs is 4. The second-order valence-electron chi connectivity index (χ2n) is 10.2. The maximum Gasteiger partial charge on any atom is 0.242 e. The summed E-state index contributed by atoms with van der Waals surface area (Å²) in [6.07, 6.45) is 4.06. The minimum absolute atomic E-state index is 0.00505. The van der Waals surface area contributed by atoms with Crippen molar-refractivity contribution in [3.8, 4) is 6.07 Å². The molecule has 1 aromatic rings. The number of carbonyl (C=O) groups excluding carboxylic acids is 2. The van der Waals surface area contributed by atoms with Crippen molar-refractivity contribution in [3.63, 3.8) is 0 Å². The number of hydrogen-bond donors (Lipinski definition) is 2. The van der Waals surface area contributed by atoms with E-state index >= 15 is 0 Å². The zero-order valence-electron chi connectivity index (χ0n) is 18.6. The van der Waals surface area contributed by atoms with Crippen molar-refractivity contribution < 1.29 is 18.4 Å². The number of rotatable bonds is 6. The SMILES string of the molecule is N#C[C@@H]1CC2C[C@@H]2N1C(=O)[C@@H](N)CN1C[C@H]2C[C@@H]1C(=O)N2[C@H]1CCc2cc(NS(=O)[O-])ccc21. The number of piperazine rings is 1. The van der Waals surface area contributed by atoms with Gasteiger partial charge in [-0.3, -0.25) is 18.7 Å². The van der Waals surface area contributed by atoms with Gasteiger partial charge in [-0.25, -0.2) is 0 Å². The molecule has 0 aromatic heterocycles. The van der Waals surface area contributed by atoms with Gasteiger partial charge >= 0.3 is 0 Å². The van der Waals surface area contributed by atoms with Crippen LogP contribution in [0.1, 0.15) is 42.9 Å². The first-order valence-electron chi connectivity index (χ1n) is 11.9. The summed E-state index contributed by atoms with van der Waals surface area (Å²) in [6.45, 7) is 1.01. The summed E-state index contributed by atoms with van der Waals surface area (Å²) in [5.41, 5.74) is 8.98. The molecule has 2 aliphatic carbocycles. The highest BCUT2D eigenvalue weighted by molar-refractivity contribution is 7.80. The first kappa shape index (κ1) is 22.0. The molecule has 34 heavy (non-hydrogen) atoms. The predicted octanol–water partition coefficient (Wildman–Crippen LogP) is 0.00528. The number of nitrogens with zero attached hydrogens (tertiary/aromatic N) is 4. The quantitative estimate of drug-likeness (QED) is 0.542. The molecule has 180 valence electrons. The Morgan fingerprint density at radius 2 is 2.15 bits per heavy atom. The lowest BCUT2D eigenvalue weighted by Gasteiger charge is -2.38. The number of nitriles is 1. The lowest BCUT2D eigenvalue weighted by atomic mass is 10.0. The molecule has 1 saturated carbocycles. The van der Waals surface area contributed by atoms with Gasteiger partial charge in [0.2, 0.25) is 11.8 Å². The molecule has 2 unspecified atom stereocenters. The Bertz CT molecular complexity index is 1120. The van der Waals surface area contributed by atoms with E-state index in [0.717, 1.165) is 43.2 Å². The van der Waals surface area contributed by atoms with Crippen LogP contribution >= 0.6 is 0 Å². The number of aryl methyl sites for hydroxylation is 1. The molecule has 4 fully saturated rings. The largest absolute Gasteiger partial charge is 0.755 e. The number of hydrogen-bond acceptors (Lipinski definition) is 7. The van der Waals surface area contributed by atoms with Crippen molar-refractivity contribution in [1.82, 2.24) is 14.7 Å². The molecule has 3 aliphatic heterocycles. The van der Waals surface area contributed by atoms with Crippen LogP contribution in [0.2, 0.25) is 0 Å². The summed E-state index contributed by atoms with van der Waals surface area (Å²) in [5, 5.41) is 9.39. The van der Waals surface area contributed by atoms with Crippen molar-refractivity contribution in [1.29, 1.82) is 5.26 Å². The Morgan fingerprint density at radius 1 is 1.32 bits per heavy atom. The second kappa shape index (κ2) is 8.02. The minimum Gasteiger partial charge on any atom is -0.755 e. The van der Waals surface area contributed by atoms with Gasteiger partial charge in [0.1, 0.15) is 6.04 Å². The van der Waals surface area contributed by atoms with Crippen LogP contribution in [0.5, 0.6) is 0 Å². The van der Waals surface area contributed by atoms with E-state index < -0.39 is 17.3 Å². The number of amides is 2. The van der Waals surface area contributed by atoms with Crippen LogP contribution in [0.3, 0.4) is 0 Å². The van der Waals surface area contributed by atoms with E-state index in [4.69, 9.17) is 5.73 Å². The van der Waals surface area contributed by atoms with E-state index in [1.165, 1.54) is 0 Å². The van der Waals surface area contributed by atoms with Crippen LogP contribution in [-0.4, -0.2) is 78.6 Å². The van der Waals surface area contributed by atoms with Gasteiger partial charge in [-0.2, -0.15) is 5.26 Å². The lowest BCUT2D eigenvalue weighted by Crippen LogP contribution is -2.57. The average molecular weight is 484 g/mol. The third-order valence-electron chi connectivity index (χ3n) is 8.30. The van der Waals surface area contributed by atoms with E-state index in [0.29, 0.717) is 24.7 Å². The Hall–Kier alpha value is -2.52. The Morgan fingerprint density at radius 3 is 2.88 bits per heavy atom. The van der Waals surface area contributed by atoms with Crippen LogP contribution in [0.25, 0.3) is 0 Å². The number of nitrogens with two attached hydrogens (primary N) is 1. The molecule has 0 spiro atoms. The summed E-state index contributed by atoms with van der Waals surface area (Å²) >= 11 is -2.37. The molecule has 2 bridgehead atoms. The van der Waals surface area contributed by atoms with Crippen LogP contribution in [0.15, 0.2) is 18.2 Å². The van der Waals surface area contributed by atoms with Crippen LogP contribution in [0, 0.1) is 17.2 Å². The maximum atomic E-state index is 13.4. The summed E-state index contributed by atoms with van der Waals surface area (Å²) < 4.78 is 24.2. The Labute approximate surface area is 200 Å². The fourth-order valence-electron chi connectivity index (χ4n) is 6.75. The van der Waals surface area contributed by atoms with Gasteiger partial charge in [-0.05, 0) is 61.3 Å². The fraction of sp³-hybridized carbons (Fsp3) is 0.609. The zero-order chi connectivity index (χ0) is 23.7. The van der Waals surface area contributed by atoms with Gasteiger partial charge in [-0.1, -0.05) is 6.07 Å². The van der Waals surface area contributed by atoms with Crippen molar-refractivity contribution >= 4 is 28.8 Å². The average Bonchev–Trinajstić information content (AvgIpc) is 3.14. The maximum absolute atomic E-state index is 13.4. The molecule has 3 N–H and O–H groups in total. The smallest absolute Gasteiger partial charge is 0.242 e.